The Balaban J connectivity index is 1.70. The van der Waals surface area contributed by atoms with E-state index in [9.17, 15) is 4.39 Å². The molecule has 0 spiro atoms. The maximum absolute atomic E-state index is 13.2. The fourth-order valence-corrected chi connectivity index (χ4v) is 3.37. The number of benzene rings is 1. The molecular weight excluding hydrogens is 329 g/mol. The first kappa shape index (κ1) is 20.6. The molecule has 0 saturated carbocycles. The van der Waals surface area contributed by atoms with Crippen LogP contribution in [0.5, 0.6) is 0 Å². The molecule has 1 saturated heterocycles. The number of aliphatic imine (C=N–C) groups is 1. The minimum atomic E-state index is -0.176. The molecule has 5 nitrogen and oxygen atoms in total. The van der Waals surface area contributed by atoms with Gasteiger partial charge in [0.25, 0.3) is 0 Å². The van der Waals surface area contributed by atoms with Crippen LogP contribution < -0.4 is 10.6 Å². The highest BCUT2D eigenvalue weighted by Gasteiger charge is 2.20. The molecule has 0 aliphatic carbocycles. The zero-order valence-electron chi connectivity index (χ0n) is 16.7. The quantitative estimate of drug-likeness (QED) is 0.573. The number of piperazine rings is 1. The standard InChI is InChI=1S/C20H34FN5/c1-5-25-10-12-26(13-11-25)17(3)15-24-20(22-4)23-9-8-18-6-7-19(21)14-16(18)2/h6-7,14,17H,5,8-13,15H2,1-4H3,(H2,22,23,24). The Labute approximate surface area is 157 Å². The van der Waals surface area contributed by atoms with Gasteiger partial charge in [-0.2, -0.15) is 0 Å². The van der Waals surface area contributed by atoms with E-state index in [4.69, 9.17) is 0 Å². The lowest BCUT2D eigenvalue weighted by Gasteiger charge is -2.37. The zero-order chi connectivity index (χ0) is 18.9. The molecule has 1 heterocycles. The van der Waals surface area contributed by atoms with Crippen molar-refractivity contribution in [2.45, 2.75) is 33.2 Å². The molecule has 1 unspecified atom stereocenters. The third kappa shape index (κ3) is 6.25. The second-order valence-electron chi connectivity index (χ2n) is 7.02. The smallest absolute Gasteiger partial charge is 0.191 e. The molecule has 1 fully saturated rings. The predicted octanol–water partition coefficient (Wildman–Crippen LogP) is 1.87. The highest BCUT2D eigenvalue weighted by molar-refractivity contribution is 5.79. The summed E-state index contributed by atoms with van der Waals surface area (Å²) in [6.45, 7) is 13.8. The lowest BCUT2D eigenvalue weighted by atomic mass is 10.1. The third-order valence-corrected chi connectivity index (χ3v) is 5.26. The number of halogens is 1. The summed E-state index contributed by atoms with van der Waals surface area (Å²) in [4.78, 5) is 9.34. The number of nitrogens with one attached hydrogen (secondary N) is 2. The summed E-state index contributed by atoms with van der Waals surface area (Å²) >= 11 is 0. The monoisotopic (exact) mass is 363 g/mol. The number of aryl methyl sites for hydroxylation is 1. The van der Waals surface area contributed by atoms with Gasteiger partial charge in [0.15, 0.2) is 5.96 Å². The fourth-order valence-electron chi connectivity index (χ4n) is 3.37. The lowest BCUT2D eigenvalue weighted by Crippen LogP contribution is -2.53. The summed E-state index contributed by atoms with van der Waals surface area (Å²) in [5.74, 6) is 0.647. The van der Waals surface area contributed by atoms with Crippen LogP contribution in [0.15, 0.2) is 23.2 Å². The van der Waals surface area contributed by atoms with Crippen molar-refractivity contribution >= 4 is 5.96 Å². The van der Waals surface area contributed by atoms with Crippen LogP contribution in [0, 0.1) is 12.7 Å². The van der Waals surface area contributed by atoms with Crippen molar-refractivity contribution in [3.63, 3.8) is 0 Å². The van der Waals surface area contributed by atoms with Crippen molar-refractivity contribution in [1.29, 1.82) is 0 Å². The van der Waals surface area contributed by atoms with Crippen LogP contribution in [0.3, 0.4) is 0 Å². The molecule has 1 aromatic rings. The van der Waals surface area contributed by atoms with Crippen molar-refractivity contribution in [1.82, 2.24) is 20.4 Å². The molecule has 26 heavy (non-hydrogen) atoms. The summed E-state index contributed by atoms with van der Waals surface area (Å²) in [6, 6.07) is 5.45. The van der Waals surface area contributed by atoms with E-state index >= 15 is 0 Å². The maximum atomic E-state index is 13.2. The second kappa shape index (κ2) is 10.5. The minimum Gasteiger partial charge on any atom is -0.356 e. The van der Waals surface area contributed by atoms with Crippen LogP contribution in [-0.4, -0.2) is 74.7 Å². The highest BCUT2D eigenvalue weighted by Crippen LogP contribution is 2.10. The van der Waals surface area contributed by atoms with Crippen molar-refractivity contribution in [3.8, 4) is 0 Å². The number of nitrogens with zero attached hydrogens (tertiary/aromatic N) is 3. The van der Waals surface area contributed by atoms with E-state index < -0.39 is 0 Å². The number of likely N-dealkylation sites (N-methyl/N-ethyl adjacent to an activating group) is 1. The van der Waals surface area contributed by atoms with Gasteiger partial charge in [-0.15, -0.1) is 0 Å². The van der Waals surface area contributed by atoms with Gasteiger partial charge in [-0.05, 0) is 50.1 Å². The predicted molar refractivity (Wildman–Crippen MR) is 107 cm³/mol. The van der Waals surface area contributed by atoms with E-state index in [-0.39, 0.29) is 5.82 Å². The summed E-state index contributed by atoms with van der Waals surface area (Å²) in [5.41, 5.74) is 2.16. The van der Waals surface area contributed by atoms with Gasteiger partial charge in [-0.1, -0.05) is 13.0 Å². The molecule has 0 aromatic heterocycles. The lowest BCUT2D eigenvalue weighted by molar-refractivity contribution is 0.107. The Kier molecular flexibility index (Phi) is 8.32. The van der Waals surface area contributed by atoms with Crippen molar-refractivity contribution in [2.24, 2.45) is 4.99 Å². The SMILES string of the molecule is CCN1CCN(C(C)CNC(=NC)NCCc2ccc(F)cc2C)CC1. The van der Waals surface area contributed by atoms with Gasteiger partial charge in [-0.3, -0.25) is 9.89 Å². The maximum Gasteiger partial charge on any atom is 0.191 e. The Morgan fingerprint density at radius 2 is 1.96 bits per heavy atom. The molecule has 2 N–H and O–H groups in total. The highest BCUT2D eigenvalue weighted by atomic mass is 19.1. The Hall–Kier alpha value is -1.66. The second-order valence-corrected chi connectivity index (χ2v) is 7.02. The average Bonchev–Trinajstić information content (AvgIpc) is 2.65. The normalized spacial score (nSPS) is 18.0. The van der Waals surface area contributed by atoms with Crippen LogP contribution >= 0.6 is 0 Å². The summed E-state index contributed by atoms with van der Waals surface area (Å²) in [7, 11) is 1.79. The van der Waals surface area contributed by atoms with Gasteiger partial charge in [0.05, 0.1) is 0 Å². The van der Waals surface area contributed by atoms with E-state index in [1.807, 2.05) is 13.0 Å². The third-order valence-electron chi connectivity index (χ3n) is 5.26. The van der Waals surface area contributed by atoms with E-state index in [0.29, 0.717) is 6.04 Å². The average molecular weight is 364 g/mol. The fraction of sp³-hybridized carbons (Fsp3) is 0.650. The summed E-state index contributed by atoms with van der Waals surface area (Å²) in [6.07, 6.45) is 0.849. The Morgan fingerprint density at radius 1 is 1.23 bits per heavy atom. The van der Waals surface area contributed by atoms with Crippen LogP contribution in [0.1, 0.15) is 25.0 Å². The molecule has 0 radical (unpaired) electrons. The summed E-state index contributed by atoms with van der Waals surface area (Å²) < 4.78 is 13.2. The molecule has 0 bridgehead atoms. The molecule has 1 aliphatic heterocycles. The first-order chi connectivity index (χ1) is 12.5. The van der Waals surface area contributed by atoms with E-state index in [0.717, 1.165) is 69.3 Å². The first-order valence-electron chi connectivity index (χ1n) is 9.69. The molecular formula is C20H34FN5. The van der Waals surface area contributed by atoms with Gasteiger partial charge in [0, 0.05) is 52.4 Å². The van der Waals surface area contributed by atoms with Gasteiger partial charge in [-0.25, -0.2) is 4.39 Å². The number of hydrogen-bond acceptors (Lipinski definition) is 3. The minimum absolute atomic E-state index is 0.176. The van der Waals surface area contributed by atoms with E-state index in [1.165, 1.54) is 6.07 Å². The van der Waals surface area contributed by atoms with Crippen LogP contribution in [0.2, 0.25) is 0 Å². The molecule has 1 aromatic carbocycles. The number of rotatable bonds is 7. The van der Waals surface area contributed by atoms with Gasteiger partial charge in [0.1, 0.15) is 5.82 Å². The van der Waals surface area contributed by atoms with Gasteiger partial charge >= 0.3 is 0 Å². The van der Waals surface area contributed by atoms with Gasteiger partial charge < -0.3 is 15.5 Å². The molecule has 2 rings (SSSR count). The van der Waals surface area contributed by atoms with Crippen molar-refractivity contribution < 1.29 is 4.39 Å². The van der Waals surface area contributed by atoms with Gasteiger partial charge in [0.2, 0.25) is 0 Å². The molecule has 1 atom stereocenters. The van der Waals surface area contributed by atoms with E-state index in [2.05, 4.69) is 39.3 Å². The molecule has 1 aliphatic rings. The molecule has 6 heteroatoms. The first-order valence-corrected chi connectivity index (χ1v) is 9.69. The summed E-state index contributed by atoms with van der Waals surface area (Å²) in [5, 5.41) is 6.78. The largest absolute Gasteiger partial charge is 0.356 e. The Bertz CT molecular complexity index is 582. The number of hydrogen-bond donors (Lipinski definition) is 2. The molecule has 146 valence electrons. The van der Waals surface area contributed by atoms with Crippen molar-refractivity contribution in [2.75, 3.05) is 52.9 Å². The van der Waals surface area contributed by atoms with E-state index in [1.54, 1.807) is 13.1 Å². The van der Waals surface area contributed by atoms with Crippen LogP contribution in [-0.2, 0) is 6.42 Å². The van der Waals surface area contributed by atoms with Crippen LogP contribution in [0.4, 0.5) is 4.39 Å². The molecule has 0 amide bonds. The topological polar surface area (TPSA) is 42.9 Å². The Morgan fingerprint density at radius 3 is 2.58 bits per heavy atom. The van der Waals surface area contributed by atoms with Crippen LogP contribution in [0.25, 0.3) is 0 Å². The van der Waals surface area contributed by atoms with Crippen molar-refractivity contribution in [3.05, 3.63) is 35.1 Å². The zero-order valence-corrected chi connectivity index (χ0v) is 16.7. The number of guanidine groups is 1.